The number of hydrazone groups is 1. The third-order valence-corrected chi connectivity index (χ3v) is 1.71. The number of rotatable bonds is 2. The molecule has 0 aliphatic rings. The van der Waals surface area contributed by atoms with E-state index in [-0.39, 0.29) is 5.91 Å². The van der Waals surface area contributed by atoms with Crippen molar-refractivity contribution in [3.63, 3.8) is 0 Å². The molecule has 0 aliphatic heterocycles. The maximum atomic E-state index is 11.4. The average molecular weight is 266 g/mol. The summed E-state index contributed by atoms with van der Waals surface area (Å²) >= 11 is 16.2. The quantitative estimate of drug-likeness (QED) is 0.499. The van der Waals surface area contributed by atoms with Crippen LogP contribution < -0.4 is 5.43 Å². The second kappa shape index (κ2) is 5.35. The number of nitrogens with zero attached hydrogens (tertiary/aromatic N) is 1. The highest BCUT2D eigenvalue weighted by molar-refractivity contribution is 6.74. The number of alkyl halides is 3. The number of carbonyl (C=O) groups is 1. The van der Waals surface area contributed by atoms with Crippen molar-refractivity contribution < 1.29 is 4.79 Å². The molecule has 0 bridgehead atoms. The molecule has 6 heteroatoms. The standard InChI is InChI=1S/C9H7Cl3N2O/c10-9(11,12)6-13-14-8(15)7-4-2-1-3-5-7/h1-6H,(H,14,15)/b13-6+. The minimum Gasteiger partial charge on any atom is -0.267 e. The number of hydrogen-bond donors (Lipinski definition) is 1. The zero-order valence-corrected chi connectivity index (χ0v) is 9.72. The Morgan fingerprint density at radius 2 is 1.87 bits per heavy atom. The molecule has 1 amide bonds. The minimum absolute atomic E-state index is 0.360. The number of halogens is 3. The van der Waals surface area contributed by atoms with Crippen molar-refractivity contribution in [3.05, 3.63) is 35.9 Å². The van der Waals surface area contributed by atoms with Gasteiger partial charge in [-0.25, -0.2) is 5.43 Å². The summed E-state index contributed by atoms with van der Waals surface area (Å²) in [6, 6.07) is 8.60. The van der Waals surface area contributed by atoms with Gasteiger partial charge in [-0.15, -0.1) is 0 Å². The van der Waals surface area contributed by atoms with Crippen LogP contribution in [0.5, 0.6) is 0 Å². The predicted molar refractivity (Wildman–Crippen MR) is 62.7 cm³/mol. The average Bonchev–Trinajstić information content (AvgIpc) is 2.17. The summed E-state index contributed by atoms with van der Waals surface area (Å²) in [6.45, 7) is 0. The largest absolute Gasteiger partial charge is 0.271 e. The van der Waals surface area contributed by atoms with Gasteiger partial charge < -0.3 is 0 Å². The van der Waals surface area contributed by atoms with E-state index in [9.17, 15) is 4.79 Å². The molecule has 1 rings (SSSR count). The van der Waals surface area contributed by atoms with Crippen molar-refractivity contribution >= 4 is 46.9 Å². The van der Waals surface area contributed by atoms with Crippen LogP contribution in [0, 0.1) is 0 Å². The van der Waals surface area contributed by atoms with Gasteiger partial charge in [0.15, 0.2) is 0 Å². The van der Waals surface area contributed by atoms with Crippen molar-refractivity contribution in [1.29, 1.82) is 0 Å². The molecular formula is C9H7Cl3N2O. The Labute approximate surface area is 102 Å². The molecular weight excluding hydrogens is 258 g/mol. The highest BCUT2D eigenvalue weighted by atomic mass is 35.6. The number of nitrogens with one attached hydrogen (secondary N) is 1. The topological polar surface area (TPSA) is 41.5 Å². The van der Waals surface area contributed by atoms with Crippen LogP contribution in [-0.4, -0.2) is 15.9 Å². The number of amides is 1. The van der Waals surface area contributed by atoms with Gasteiger partial charge in [0, 0.05) is 5.56 Å². The van der Waals surface area contributed by atoms with Crippen LogP contribution in [0.1, 0.15) is 10.4 Å². The third kappa shape index (κ3) is 5.02. The monoisotopic (exact) mass is 264 g/mol. The summed E-state index contributed by atoms with van der Waals surface area (Å²) in [7, 11) is 0. The van der Waals surface area contributed by atoms with Crippen molar-refractivity contribution in [1.82, 2.24) is 5.43 Å². The van der Waals surface area contributed by atoms with Crippen molar-refractivity contribution in [2.45, 2.75) is 3.79 Å². The first kappa shape index (κ1) is 12.3. The molecule has 15 heavy (non-hydrogen) atoms. The number of carbonyl (C=O) groups excluding carboxylic acids is 1. The Kier molecular flexibility index (Phi) is 4.39. The minimum atomic E-state index is -1.61. The predicted octanol–water partition coefficient (Wildman–Crippen LogP) is 2.77. The first-order chi connectivity index (χ1) is 6.99. The molecule has 0 saturated carbocycles. The molecule has 1 N–H and O–H groups in total. The number of hydrogen-bond acceptors (Lipinski definition) is 2. The smallest absolute Gasteiger partial charge is 0.267 e. The Hall–Kier alpha value is -0.770. The first-order valence-corrected chi connectivity index (χ1v) is 5.09. The van der Waals surface area contributed by atoms with E-state index in [4.69, 9.17) is 34.8 Å². The van der Waals surface area contributed by atoms with E-state index in [1.807, 2.05) is 0 Å². The maximum Gasteiger partial charge on any atom is 0.271 e. The second-order valence-corrected chi connectivity index (χ2v) is 4.98. The van der Waals surface area contributed by atoms with Crippen LogP contribution in [0.4, 0.5) is 0 Å². The lowest BCUT2D eigenvalue weighted by molar-refractivity contribution is 0.0955. The number of benzene rings is 1. The normalized spacial score (nSPS) is 11.7. The van der Waals surface area contributed by atoms with Gasteiger partial charge in [-0.2, -0.15) is 5.10 Å². The molecule has 80 valence electrons. The molecule has 0 atom stereocenters. The Morgan fingerprint density at radius 3 is 2.40 bits per heavy atom. The van der Waals surface area contributed by atoms with Gasteiger partial charge in [0.2, 0.25) is 3.79 Å². The van der Waals surface area contributed by atoms with Gasteiger partial charge >= 0.3 is 0 Å². The second-order valence-electron chi connectivity index (χ2n) is 2.61. The van der Waals surface area contributed by atoms with Gasteiger partial charge in [-0.1, -0.05) is 53.0 Å². The fourth-order valence-corrected chi connectivity index (χ4v) is 0.965. The summed E-state index contributed by atoms with van der Waals surface area (Å²) < 4.78 is -1.61. The molecule has 0 saturated heterocycles. The molecule has 0 unspecified atom stereocenters. The third-order valence-electron chi connectivity index (χ3n) is 1.41. The van der Waals surface area contributed by atoms with E-state index < -0.39 is 3.79 Å². The van der Waals surface area contributed by atoms with E-state index in [0.717, 1.165) is 6.21 Å². The lowest BCUT2D eigenvalue weighted by Crippen LogP contribution is -2.19. The summed E-state index contributed by atoms with van der Waals surface area (Å²) in [5.74, 6) is -0.360. The molecule has 0 fully saturated rings. The molecule has 3 nitrogen and oxygen atoms in total. The molecule has 1 aromatic rings. The van der Waals surface area contributed by atoms with Gasteiger partial charge in [-0.05, 0) is 12.1 Å². The van der Waals surface area contributed by atoms with E-state index in [0.29, 0.717) is 5.56 Å². The highest BCUT2D eigenvalue weighted by Crippen LogP contribution is 2.22. The summed E-state index contributed by atoms with van der Waals surface area (Å²) in [6.07, 6.45) is 1.01. The fraction of sp³-hybridized carbons (Fsp3) is 0.111. The SMILES string of the molecule is O=C(N/N=C/C(Cl)(Cl)Cl)c1ccccc1. The Morgan fingerprint density at radius 1 is 1.27 bits per heavy atom. The summed E-state index contributed by atoms with van der Waals surface area (Å²) in [5, 5.41) is 3.50. The van der Waals surface area contributed by atoms with Gasteiger partial charge in [0.05, 0.1) is 6.21 Å². The van der Waals surface area contributed by atoms with Crippen molar-refractivity contribution in [2.24, 2.45) is 5.10 Å². The maximum absolute atomic E-state index is 11.4. The van der Waals surface area contributed by atoms with Gasteiger partial charge in [0.25, 0.3) is 5.91 Å². The molecule has 0 aliphatic carbocycles. The molecule has 0 aromatic heterocycles. The first-order valence-electron chi connectivity index (χ1n) is 3.95. The van der Waals surface area contributed by atoms with Gasteiger partial charge in [0.1, 0.15) is 0 Å². The Balaban J connectivity index is 2.55. The Bertz CT molecular complexity index is 359. The van der Waals surface area contributed by atoms with Crippen LogP contribution in [0.3, 0.4) is 0 Å². The van der Waals surface area contributed by atoms with Gasteiger partial charge in [-0.3, -0.25) is 4.79 Å². The van der Waals surface area contributed by atoms with Crippen LogP contribution in [0.15, 0.2) is 35.4 Å². The molecule has 0 spiro atoms. The zero-order valence-electron chi connectivity index (χ0n) is 7.45. The van der Waals surface area contributed by atoms with Crippen LogP contribution in [-0.2, 0) is 0 Å². The lowest BCUT2D eigenvalue weighted by Gasteiger charge is -2.02. The van der Waals surface area contributed by atoms with Crippen molar-refractivity contribution in [3.8, 4) is 0 Å². The van der Waals surface area contributed by atoms with Crippen LogP contribution in [0.2, 0.25) is 0 Å². The van der Waals surface area contributed by atoms with E-state index >= 15 is 0 Å². The van der Waals surface area contributed by atoms with E-state index in [1.54, 1.807) is 30.3 Å². The lowest BCUT2D eigenvalue weighted by atomic mass is 10.2. The molecule has 0 radical (unpaired) electrons. The fourth-order valence-electron chi connectivity index (χ4n) is 0.818. The summed E-state index contributed by atoms with van der Waals surface area (Å²) in [4.78, 5) is 11.4. The molecule has 1 aromatic carbocycles. The van der Waals surface area contributed by atoms with E-state index in [1.165, 1.54) is 0 Å². The highest BCUT2D eigenvalue weighted by Gasteiger charge is 2.15. The molecule has 0 heterocycles. The van der Waals surface area contributed by atoms with E-state index in [2.05, 4.69) is 10.5 Å². The van der Waals surface area contributed by atoms with Crippen LogP contribution >= 0.6 is 34.8 Å². The summed E-state index contributed by atoms with van der Waals surface area (Å²) in [5.41, 5.74) is 2.72. The zero-order chi connectivity index (χ0) is 11.3. The van der Waals surface area contributed by atoms with Crippen molar-refractivity contribution in [2.75, 3.05) is 0 Å². The van der Waals surface area contributed by atoms with Crippen LogP contribution in [0.25, 0.3) is 0 Å².